The van der Waals surface area contributed by atoms with E-state index in [4.69, 9.17) is 0 Å². The summed E-state index contributed by atoms with van der Waals surface area (Å²) < 4.78 is 0. The zero-order valence-electron chi connectivity index (χ0n) is 13.9. The van der Waals surface area contributed by atoms with Gasteiger partial charge in [0.2, 0.25) is 0 Å². The Kier molecular flexibility index (Phi) is 6.38. The Morgan fingerprint density at radius 3 is 2.28 bits per heavy atom. The minimum atomic E-state index is 0.713. The summed E-state index contributed by atoms with van der Waals surface area (Å²) in [6.45, 7) is 4.56. The third-order valence-electron chi connectivity index (χ3n) is 3.57. The van der Waals surface area contributed by atoms with Crippen molar-refractivity contribution in [3.63, 3.8) is 0 Å². The van der Waals surface area contributed by atoms with Crippen molar-refractivity contribution in [2.75, 3.05) is 26.2 Å². The van der Waals surface area contributed by atoms with Gasteiger partial charge >= 0.3 is 0 Å². The summed E-state index contributed by atoms with van der Waals surface area (Å²) >= 11 is 0. The highest BCUT2D eigenvalue weighted by atomic mass is 15.0. The first-order chi connectivity index (χ1) is 12.4. The summed E-state index contributed by atoms with van der Waals surface area (Å²) in [7, 11) is 0. The van der Waals surface area contributed by atoms with Gasteiger partial charge in [0.1, 0.15) is 11.8 Å². The summed E-state index contributed by atoms with van der Waals surface area (Å²) in [4.78, 5) is 18.7. The highest BCUT2D eigenvalue weighted by molar-refractivity contribution is 5.77. The lowest BCUT2D eigenvalue weighted by Gasteiger charge is -2.11. The molecule has 0 spiro atoms. The number of nitrogens with zero attached hydrogens (tertiary/aromatic N) is 4. The van der Waals surface area contributed by atoms with Crippen LogP contribution in [0, 0.1) is 0 Å². The molecule has 0 radical (unpaired) electrons. The molecule has 7 nitrogen and oxygen atoms in total. The lowest BCUT2D eigenvalue weighted by molar-refractivity contribution is 0.534. The molecule has 0 atom stereocenters. The van der Waals surface area contributed by atoms with Gasteiger partial charge in [-0.15, -0.1) is 0 Å². The topological polar surface area (TPSA) is 91.4 Å². The predicted octanol–water partition coefficient (Wildman–Crippen LogP) is 1.77. The van der Waals surface area contributed by atoms with E-state index < -0.39 is 0 Å². The fraction of sp³-hybridized carbons (Fsp3) is 0.222. The maximum atomic E-state index is 4.18. The average molecular weight is 335 g/mol. The molecule has 3 aromatic heterocycles. The third kappa shape index (κ3) is 5.30. The molecule has 25 heavy (non-hydrogen) atoms. The van der Waals surface area contributed by atoms with Crippen LogP contribution in [-0.2, 0) is 0 Å². The highest BCUT2D eigenvalue weighted by Gasteiger charge is 1.92. The molecule has 128 valence electrons. The standard InChI is InChI=1S/C9H7N.C5H4N4.C4H10N2/c1-2-6-9-8(4-1)5-3-7-10-9;1-4-5(8-2-6-1)9-3-7-4;1-2-6-4-3-5-1/h1-7H;1-3H,(H,6,7,8,9);5-6H,1-4H2. The van der Waals surface area contributed by atoms with Gasteiger partial charge in [0, 0.05) is 37.8 Å². The van der Waals surface area contributed by atoms with E-state index in [1.54, 1.807) is 12.5 Å². The molecule has 1 aromatic carbocycles. The maximum Gasteiger partial charge on any atom is 0.180 e. The zero-order valence-corrected chi connectivity index (χ0v) is 13.9. The van der Waals surface area contributed by atoms with Crippen molar-refractivity contribution in [3.8, 4) is 0 Å². The zero-order chi connectivity index (χ0) is 17.2. The van der Waals surface area contributed by atoms with Crippen molar-refractivity contribution in [2.45, 2.75) is 0 Å². The molecule has 1 fully saturated rings. The monoisotopic (exact) mass is 335 g/mol. The summed E-state index contributed by atoms with van der Waals surface area (Å²) in [5.41, 5.74) is 2.65. The molecule has 4 heterocycles. The second-order valence-corrected chi connectivity index (χ2v) is 5.36. The molecule has 0 saturated carbocycles. The van der Waals surface area contributed by atoms with Gasteiger partial charge in [-0.3, -0.25) is 4.98 Å². The van der Waals surface area contributed by atoms with Crippen molar-refractivity contribution in [3.05, 3.63) is 61.4 Å². The van der Waals surface area contributed by atoms with Crippen molar-refractivity contribution in [1.29, 1.82) is 0 Å². The Bertz CT molecular complexity index is 779. The van der Waals surface area contributed by atoms with Crippen LogP contribution in [0.1, 0.15) is 0 Å². The third-order valence-corrected chi connectivity index (χ3v) is 3.57. The predicted molar refractivity (Wildman–Crippen MR) is 99.2 cm³/mol. The number of fused-ring (bicyclic) bond motifs is 2. The number of H-pyrrole nitrogens is 1. The number of piperazine rings is 1. The number of aromatic nitrogens is 5. The van der Waals surface area contributed by atoms with Crippen LogP contribution in [0.4, 0.5) is 0 Å². The Morgan fingerprint density at radius 2 is 1.56 bits per heavy atom. The van der Waals surface area contributed by atoms with Crippen molar-refractivity contribution >= 4 is 22.1 Å². The molecule has 4 aromatic rings. The lowest BCUT2D eigenvalue weighted by Crippen LogP contribution is -2.39. The number of pyridine rings is 1. The first-order valence-electron chi connectivity index (χ1n) is 8.24. The Labute approximate surface area is 146 Å². The fourth-order valence-electron chi connectivity index (χ4n) is 2.31. The van der Waals surface area contributed by atoms with Crippen molar-refractivity contribution in [2.24, 2.45) is 0 Å². The smallest absolute Gasteiger partial charge is 0.180 e. The van der Waals surface area contributed by atoms with E-state index in [2.05, 4.69) is 47.7 Å². The molecule has 1 aliphatic heterocycles. The van der Waals surface area contributed by atoms with Crippen LogP contribution >= 0.6 is 0 Å². The SMILES string of the molecule is C1CNCCN1.c1ccc2ncccc2c1.c1ncc2[nH]cnc2n1. The largest absolute Gasteiger partial charge is 0.342 e. The Morgan fingerprint density at radius 1 is 0.800 bits per heavy atom. The Balaban J connectivity index is 0.000000113. The van der Waals surface area contributed by atoms with Gasteiger partial charge in [-0.05, 0) is 12.1 Å². The van der Waals surface area contributed by atoms with Crippen molar-refractivity contribution < 1.29 is 0 Å². The lowest BCUT2D eigenvalue weighted by atomic mass is 10.2. The van der Waals surface area contributed by atoms with E-state index in [-0.39, 0.29) is 0 Å². The van der Waals surface area contributed by atoms with Crippen molar-refractivity contribution in [1.82, 2.24) is 35.6 Å². The highest BCUT2D eigenvalue weighted by Crippen LogP contribution is 2.07. The van der Waals surface area contributed by atoms with Gasteiger partial charge in [0.05, 0.1) is 18.0 Å². The van der Waals surface area contributed by atoms with Crippen LogP contribution in [0.3, 0.4) is 0 Å². The number of para-hydroxylation sites is 1. The summed E-state index contributed by atoms with van der Waals surface area (Å²) in [5, 5.41) is 7.64. The summed E-state index contributed by atoms with van der Waals surface area (Å²) in [5.74, 6) is 0. The maximum absolute atomic E-state index is 4.18. The number of hydrogen-bond donors (Lipinski definition) is 3. The van der Waals surface area contributed by atoms with E-state index in [9.17, 15) is 0 Å². The van der Waals surface area contributed by atoms with Crippen LogP contribution in [0.15, 0.2) is 61.4 Å². The van der Waals surface area contributed by atoms with E-state index in [0.717, 1.165) is 37.2 Å². The van der Waals surface area contributed by atoms with Gasteiger partial charge in [-0.2, -0.15) is 0 Å². The molecule has 7 heteroatoms. The molecule has 0 bridgehead atoms. The van der Waals surface area contributed by atoms with Crippen LogP contribution in [0.2, 0.25) is 0 Å². The van der Waals surface area contributed by atoms with E-state index in [1.165, 1.54) is 11.7 Å². The van der Waals surface area contributed by atoms with Gasteiger partial charge < -0.3 is 15.6 Å². The normalized spacial score (nSPS) is 13.4. The van der Waals surface area contributed by atoms with E-state index in [1.807, 2.05) is 30.5 Å². The van der Waals surface area contributed by atoms with E-state index >= 15 is 0 Å². The van der Waals surface area contributed by atoms with Gasteiger partial charge in [-0.25, -0.2) is 15.0 Å². The van der Waals surface area contributed by atoms with Gasteiger partial charge in [0.15, 0.2) is 5.65 Å². The Hall–Kier alpha value is -2.90. The minimum absolute atomic E-state index is 0.713. The molecular formula is C18H21N7. The molecule has 5 rings (SSSR count). The average Bonchev–Trinajstić information content (AvgIpc) is 3.19. The number of imidazole rings is 1. The number of hydrogen-bond acceptors (Lipinski definition) is 6. The fourth-order valence-corrected chi connectivity index (χ4v) is 2.31. The second kappa shape index (κ2) is 9.41. The van der Waals surface area contributed by atoms with Gasteiger partial charge in [0.25, 0.3) is 0 Å². The number of rotatable bonds is 0. The quantitative estimate of drug-likeness (QED) is 0.454. The summed E-state index contributed by atoms with van der Waals surface area (Å²) in [6, 6.07) is 12.1. The first-order valence-corrected chi connectivity index (χ1v) is 8.24. The molecule has 0 unspecified atom stereocenters. The van der Waals surface area contributed by atoms with E-state index in [0.29, 0.717) is 5.65 Å². The second-order valence-electron chi connectivity index (χ2n) is 5.36. The van der Waals surface area contributed by atoms with Gasteiger partial charge in [-0.1, -0.05) is 24.3 Å². The number of benzene rings is 1. The summed E-state index contributed by atoms with van der Waals surface area (Å²) in [6.07, 6.45) is 6.57. The van der Waals surface area contributed by atoms with Crippen LogP contribution < -0.4 is 10.6 Å². The first kappa shape index (κ1) is 16.9. The number of nitrogens with one attached hydrogen (secondary N) is 3. The van der Waals surface area contributed by atoms with Crippen LogP contribution in [-0.4, -0.2) is 51.1 Å². The molecule has 1 aliphatic rings. The molecule has 0 amide bonds. The molecule has 1 saturated heterocycles. The molecule has 3 N–H and O–H groups in total. The van der Waals surface area contributed by atoms with Crippen LogP contribution in [0.5, 0.6) is 0 Å². The molecular weight excluding hydrogens is 314 g/mol. The molecule has 0 aliphatic carbocycles. The van der Waals surface area contributed by atoms with Crippen LogP contribution in [0.25, 0.3) is 22.1 Å². The minimum Gasteiger partial charge on any atom is -0.342 e. The number of aromatic amines is 1.